The Morgan fingerprint density at radius 2 is 2.07 bits per heavy atom. The number of rotatable bonds is 1. The third-order valence-corrected chi connectivity index (χ3v) is 2.77. The molecular weight excluding hydrogens is 200 g/mol. The first-order valence-electron chi connectivity index (χ1n) is 5.18. The quantitative estimate of drug-likeness (QED) is 0.701. The normalized spacial score (nSPS) is 39.5. The molecule has 5 nitrogen and oxygen atoms in total. The van der Waals surface area contributed by atoms with Gasteiger partial charge in [-0.2, -0.15) is 0 Å². The highest BCUT2D eigenvalue weighted by Crippen LogP contribution is 2.31. The Morgan fingerprint density at radius 3 is 2.73 bits per heavy atom. The lowest BCUT2D eigenvalue weighted by Gasteiger charge is -2.44. The number of carbonyl (C=O) groups is 1. The molecule has 0 radical (unpaired) electrons. The van der Waals surface area contributed by atoms with Crippen molar-refractivity contribution in [2.24, 2.45) is 0 Å². The lowest BCUT2D eigenvalue weighted by molar-refractivity contribution is -0.325. The van der Waals surface area contributed by atoms with Gasteiger partial charge >= 0.3 is 5.97 Å². The first-order valence-corrected chi connectivity index (χ1v) is 5.18. The number of carboxylic acids is 1. The van der Waals surface area contributed by atoms with Gasteiger partial charge in [-0.3, -0.25) is 0 Å². The molecule has 0 amide bonds. The highest BCUT2D eigenvalue weighted by atomic mass is 16.7. The summed E-state index contributed by atoms with van der Waals surface area (Å²) in [6.45, 7) is 4.11. The molecule has 0 aromatic heterocycles. The zero-order valence-electron chi connectivity index (χ0n) is 8.93. The molecule has 1 N–H and O–H groups in total. The van der Waals surface area contributed by atoms with E-state index >= 15 is 0 Å². The molecule has 2 heterocycles. The summed E-state index contributed by atoms with van der Waals surface area (Å²) >= 11 is 0. The summed E-state index contributed by atoms with van der Waals surface area (Å²) in [5.74, 6) is -1.49. The fraction of sp³-hybridized carbons (Fsp3) is 0.900. The second-order valence-corrected chi connectivity index (χ2v) is 4.45. The molecule has 2 rings (SSSR count). The van der Waals surface area contributed by atoms with E-state index in [9.17, 15) is 4.79 Å². The number of aliphatic carboxylic acids is 1. The van der Waals surface area contributed by atoms with Crippen LogP contribution in [-0.4, -0.2) is 41.8 Å². The molecule has 2 aliphatic rings. The minimum atomic E-state index is -0.904. The minimum Gasteiger partial charge on any atom is -0.479 e. The van der Waals surface area contributed by atoms with Crippen LogP contribution < -0.4 is 0 Å². The molecule has 5 heteroatoms. The van der Waals surface area contributed by atoms with E-state index in [0.29, 0.717) is 19.4 Å². The maximum atomic E-state index is 10.7. The van der Waals surface area contributed by atoms with Crippen LogP contribution in [0.25, 0.3) is 0 Å². The lowest BCUT2D eigenvalue weighted by Crippen LogP contribution is -2.54. The zero-order valence-corrected chi connectivity index (χ0v) is 8.93. The molecule has 0 aromatic rings. The average Bonchev–Trinajstić information content (AvgIpc) is 2.15. The molecule has 0 aliphatic carbocycles. The molecule has 86 valence electrons. The molecule has 2 fully saturated rings. The Labute approximate surface area is 88.3 Å². The van der Waals surface area contributed by atoms with Gasteiger partial charge in [-0.05, 0) is 26.7 Å². The highest BCUT2D eigenvalue weighted by Gasteiger charge is 2.42. The Hall–Kier alpha value is -0.650. The van der Waals surface area contributed by atoms with E-state index in [2.05, 4.69) is 0 Å². The molecule has 3 unspecified atom stereocenters. The number of hydrogen-bond acceptors (Lipinski definition) is 4. The average molecular weight is 216 g/mol. The predicted octanol–water partition coefficient (Wildman–Crippen LogP) is 0.770. The van der Waals surface area contributed by atoms with Crippen molar-refractivity contribution in [2.45, 2.75) is 50.8 Å². The zero-order chi connectivity index (χ0) is 11.1. The maximum Gasteiger partial charge on any atom is 0.332 e. The monoisotopic (exact) mass is 216 g/mol. The van der Waals surface area contributed by atoms with E-state index < -0.39 is 17.9 Å². The molecule has 0 aromatic carbocycles. The minimum absolute atomic E-state index is 0.0376. The van der Waals surface area contributed by atoms with Crippen molar-refractivity contribution in [2.75, 3.05) is 6.61 Å². The number of fused-ring (bicyclic) bond motifs is 1. The highest BCUT2D eigenvalue weighted by molar-refractivity contribution is 5.72. The van der Waals surface area contributed by atoms with Crippen molar-refractivity contribution in [3.8, 4) is 0 Å². The third-order valence-electron chi connectivity index (χ3n) is 2.77. The van der Waals surface area contributed by atoms with Gasteiger partial charge in [0, 0.05) is 0 Å². The lowest BCUT2D eigenvalue weighted by atomic mass is 10.00. The predicted molar refractivity (Wildman–Crippen MR) is 50.4 cm³/mol. The van der Waals surface area contributed by atoms with Gasteiger partial charge in [0.2, 0.25) is 0 Å². The van der Waals surface area contributed by atoms with E-state index in [1.807, 2.05) is 13.8 Å². The van der Waals surface area contributed by atoms with Crippen LogP contribution in [0, 0.1) is 0 Å². The van der Waals surface area contributed by atoms with Crippen molar-refractivity contribution >= 4 is 5.97 Å². The van der Waals surface area contributed by atoms with Crippen molar-refractivity contribution in [3.05, 3.63) is 0 Å². The van der Waals surface area contributed by atoms with Gasteiger partial charge in [-0.1, -0.05) is 0 Å². The van der Waals surface area contributed by atoms with Gasteiger partial charge in [-0.15, -0.1) is 0 Å². The molecular formula is C10H16O5. The van der Waals surface area contributed by atoms with E-state index in [4.69, 9.17) is 19.3 Å². The summed E-state index contributed by atoms with van der Waals surface area (Å²) in [5, 5.41) is 8.82. The number of carboxylic acid groups (broad SMARTS) is 1. The molecule has 0 bridgehead atoms. The van der Waals surface area contributed by atoms with Gasteiger partial charge in [0.25, 0.3) is 0 Å². The smallest absolute Gasteiger partial charge is 0.332 e. The largest absolute Gasteiger partial charge is 0.479 e. The topological polar surface area (TPSA) is 65.0 Å². The molecule has 0 spiro atoms. The molecule has 2 saturated heterocycles. The maximum absolute atomic E-state index is 10.7. The van der Waals surface area contributed by atoms with Crippen LogP contribution in [-0.2, 0) is 19.0 Å². The van der Waals surface area contributed by atoms with E-state index in [1.165, 1.54) is 0 Å². The van der Waals surface area contributed by atoms with E-state index in [0.717, 1.165) is 0 Å². The van der Waals surface area contributed by atoms with E-state index in [1.54, 1.807) is 0 Å². The van der Waals surface area contributed by atoms with E-state index in [-0.39, 0.29) is 12.2 Å². The van der Waals surface area contributed by atoms with Crippen LogP contribution >= 0.6 is 0 Å². The third kappa shape index (κ3) is 2.30. The summed E-state index contributed by atoms with van der Waals surface area (Å²) in [5.41, 5.74) is 0. The Balaban J connectivity index is 1.98. The molecule has 3 atom stereocenters. The first kappa shape index (κ1) is 10.9. The van der Waals surface area contributed by atoms with Crippen molar-refractivity contribution in [1.82, 2.24) is 0 Å². The second-order valence-electron chi connectivity index (χ2n) is 4.45. The Morgan fingerprint density at radius 1 is 1.33 bits per heavy atom. The van der Waals surface area contributed by atoms with Crippen LogP contribution in [0.3, 0.4) is 0 Å². The summed E-state index contributed by atoms with van der Waals surface area (Å²) in [4.78, 5) is 10.7. The van der Waals surface area contributed by atoms with Gasteiger partial charge in [0.05, 0.1) is 12.7 Å². The van der Waals surface area contributed by atoms with Crippen LogP contribution in [0.15, 0.2) is 0 Å². The SMILES string of the molecule is CC1(C)OCC2OC(C(=O)O)CCC2O1. The van der Waals surface area contributed by atoms with Crippen LogP contribution in [0.5, 0.6) is 0 Å². The van der Waals surface area contributed by atoms with Gasteiger partial charge < -0.3 is 19.3 Å². The standard InChI is InChI=1S/C10H16O5/c1-10(2)13-5-8-6(15-10)3-4-7(14-8)9(11)12/h6-8H,3-5H2,1-2H3,(H,11,12). The first-order chi connectivity index (χ1) is 6.98. The number of hydrogen-bond donors (Lipinski definition) is 1. The summed E-state index contributed by atoms with van der Waals surface area (Å²) in [6.07, 6.45) is 0.234. The van der Waals surface area contributed by atoms with Gasteiger partial charge in [0.1, 0.15) is 6.10 Å². The van der Waals surface area contributed by atoms with Crippen molar-refractivity contribution < 1.29 is 24.1 Å². The van der Waals surface area contributed by atoms with Crippen LogP contribution in [0.2, 0.25) is 0 Å². The second kappa shape index (κ2) is 3.73. The molecule has 2 aliphatic heterocycles. The fourth-order valence-corrected chi connectivity index (χ4v) is 2.01. The van der Waals surface area contributed by atoms with Gasteiger partial charge in [-0.25, -0.2) is 4.79 Å². The summed E-state index contributed by atoms with van der Waals surface area (Å²) in [7, 11) is 0. The Bertz CT molecular complexity index is 263. The van der Waals surface area contributed by atoms with Crippen LogP contribution in [0.4, 0.5) is 0 Å². The van der Waals surface area contributed by atoms with Crippen molar-refractivity contribution in [1.29, 1.82) is 0 Å². The molecule has 0 saturated carbocycles. The van der Waals surface area contributed by atoms with Crippen LogP contribution in [0.1, 0.15) is 26.7 Å². The summed E-state index contributed by atoms with van der Waals surface area (Å²) < 4.78 is 16.5. The Kier molecular flexibility index (Phi) is 2.70. The van der Waals surface area contributed by atoms with Crippen molar-refractivity contribution in [3.63, 3.8) is 0 Å². The number of ether oxygens (including phenoxy) is 3. The van der Waals surface area contributed by atoms with Gasteiger partial charge in [0.15, 0.2) is 11.9 Å². The fourth-order valence-electron chi connectivity index (χ4n) is 2.01. The molecule has 15 heavy (non-hydrogen) atoms. The summed E-state index contributed by atoms with van der Waals surface area (Å²) in [6, 6.07) is 0.